The highest BCUT2D eigenvalue weighted by atomic mass is 16.4. The van der Waals surface area contributed by atoms with E-state index in [1.807, 2.05) is 31.2 Å². The number of H-pyrrole nitrogens is 1. The zero-order valence-corrected chi connectivity index (χ0v) is 13.8. The van der Waals surface area contributed by atoms with Crippen LogP contribution in [0, 0.1) is 12.8 Å². The van der Waals surface area contributed by atoms with Crippen molar-refractivity contribution in [2.24, 2.45) is 5.92 Å². The summed E-state index contributed by atoms with van der Waals surface area (Å²) in [5.41, 5.74) is 3.20. The van der Waals surface area contributed by atoms with E-state index in [4.69, 9.17) is 5.11 Å². The minimum absolute atomic E-state index is 0.144. The van der Waals surface area contributed by atoms with Crippen LogP contribution in [0.3, 0.4) is 0 Å². The minimum atomic E-state index is -0.890. The number of nitrogens with zero attached hydrogens (tertiary/aromatic N) is 2. The first-order valence-electron chi connectivity index (χ1n) is 8.12. The van der Waals surface area contributed by atoms with E-state index < -0.39 is 11.9 Å². The SMILES string of the molecule is Cc1ccc(-c2cc(C(=O)N(CC(C)C(=O)O)C3CC3)[nH]n2)cc1. The monoisotopic (exact) mass is 327 g/mol. The van der Waals surface area contributed by atoms with Gasteiger partial charge in [0.2, 0.25) is 0 Å². The summed E-state index contributed by atoms with van der Waals surface area (Å²) < 4.78 is 0. The van der Waals surface area contributed by atoms with E-state index in [0.29, 0.717) is 11.4 Å². The number of carbonyl (C=O) groups excluding carboxylic acids is 1. The Bertz CT molecular complexity index is 747. The number of aliphatic carboxylic acids is 1. The maximum absolute atomic E-state index is 12.7. The Balaban J connectivity index is 1.78. The molecular weight excluding hydrogens is 306 g/mol. The third-order valence-corrected chi connectivity index (χ3v) is 4.30. The fourth-order valence-electron chi connectivity index (χ4n) is 2.62. The Morgan fingerprint density at radius 2 is 2.00 bits per heavy atom. The van der Waals surface area contributed by atoms with E-state index in [2.05, 4.69) is 10.2 Å². The number of carbonyl (C=O) groups is 2. The lowest BCUT2D eigenvalue weighted by Crippen LogP contribution is -2.38. The van der Waals surface area contributed by atoms with E-state index >= 15 is 0 Å². The zero-order chi connectivity index (χ0) is 17.3. The summed E-state index contributed by atoms with van der Waals surface area (Å²) in [4.78, 5) is 25.5. The first kappa shape index (κ1) is 16.2. The van der Waals surface area contributed by atoms with Crippen LogP contribution in [-0.4, -0.2) is 44.7 Å². The van der Waals surface area contributed by atoms with Crippen molar-refractivity contribution in [1.29, 1.82) is 0 Å². The fraction of sp³-hybridized carbons (Fsp3) is 0.389. The lowest BCUT2D eigenvalue weighted by atomic mass is 10.1. The number of aromatic nitrogens is 2. The molecule has 6 nitrogen and oxygen atoms in total. The quantitative estimate of drug-likeness (QED) is 0.854. The summed E-state index contributed by atoms with van der Waals surface area (Å²) in [7, 11) is 0. The van der Waals surface area contributed by atoms with Crippen molar-refractivity contribution < 1.29 is 14.7 Å². The van der Waals surface area contributed by atoms with Crippen LogP contribution in [0.5, 0.6) is 0 Å². The molecule has 1 amide bonds. The smallest absolute Gasteiger partial charge is 0.308 e. The Kier molecular flexibility index (Phi) is 4.38. The van der Waals surface area contributed by atoms with Crippen molar-refractivity contribution in [3.8, 4) is 11.3 Å². The van der Waals surface area contributed by atoms with E-state index in [-0.39, 0.29) is 18.5 Å². The predicted octanol–water partition coefficient (Wildman–Crippen LogP) is 2.71. The average molecular weight is 327 g/mol. The highest BCUT2D eigenvalue weighted by Gasteiger charge is 2.35. The number of nitrogens with one attached hydrogen (secondary N) is 1. The molecule has 0 bridgehead atoms. The molecule has 1 aliphatic carbocycles. The van der Waals surface area contributed by atoms with E-state index in [1.54, 1.807) is 17.9 Å². The van der Waals surface area contributed by atoms with E-state index in [1.165, 1.54) is 0 Å². The molecule has 126 valence electrons. The van der Waals surface area contributed by atoms with Gasteiger partial charge in [-0.05, 0) is 25.8 Å². The molecule has 1 saturated carbocycles. The van der Waals surface area contributed by atoms with Gasteiger partial charge in [0.05, 0.1) is 11.6 Å². The van der Waals surface area contributed by atoms with Gasteiger partial charge in [0.25, 0.3) is 5.91 Å². The summed E-state index contributed by atoms with van der Waals surface area (Å²) in [6, 6.07) is 9.79. The highest BCUT2D eigenvalue weighted by molar-refractivity contribution is 5.94. The number of rotatable bonds is 6. The molecule has 1 unspecified atom stereocenters. The van der Waals surface area contributed by atoms with Gasteiger partial charge in [0.15, 0.2) is 0 Å². The Morgan fingerprint density at radius 1 is 1.33 bits per heavy atom. The largest absolute Gasteiger partial charge is 0.481 e. The molecule has 0 spiro atoms. The summed E-state index contributed by atoms with van der Waals surface area (Å²) in [6.07, 6.45) is 1.86. The Morgan fingerprint density at radius 3 is 2.58 bits per heavy atom. The molecule has 1 atom stereocenters. The van der Waals surface area contributed by atoms with Gasteiger partial charge in [0, 0.05) is 18.2 Å². The van der Waals surface area contributed by atoms with Gasteiger partial charge in [-0.15, -0.1) is 0 Å². The van der Waals surface area contributed by atoms with Crippen LogP contribution in [0.15, 0.2) is 30.3 Å². The average Bonchev–Trinajstić information content (AvgIpc) is 3.28. The third-order valence-electron chi connectivity index (χ3n) is 4.30. The highest BCUT2D eigenvalue weighted by Crippen LogP contribution is 2.29. The van der Waals surface area contributed by atoms with Gasteiger partial charge in [-0.2, -0.15) is 5.10 Å². The fourth-order valence-corrected chi connectivity index (χ4v) is 2.62. The molecule has 1 aromatic carbocycles. The van der Waals surface area contributed by atoms with Crippen LogP contribution >= 0.6 is 0 Å². The molecule has 1 heterocycles. The van der Waals surface area contributed by atoms with Crippen LogP contribution in [0.4, 0.5) is 0 Å². The molecule has 1 aliphatic rings. The lowest BCUT2D eigenvalue weighted by Gasteiger charge is -2.23. The van der Waals surface area contributed by atoms with Crippen LogP contribution in [0.1, 0.15) is 35.8 Å². The summed E-state index contributed by atoms with van der Waals surface area (Å²) >= 11 is 0. The second-order valence-electron chi connectivity index (χ2n) is 6.46. The standard InChI is InChI=1S/C18H21N3O3/c1-11-3-5-13(6-4-11)15-9-16(20-19-15)17(22)21(14-7-8-14)10-12(2)18(23)24/h3-6,9,12,14H,7-8,10H2,1-2H3,(H,19,20)(H,23,24). The number of carboxylic acid groups (broad SMARTS) is 1. The number of hydrogen-bond donors (Lipinski definition) is 2. The second-order valence-corrected chi connectivity index (χ2v) is 6.46. The normalized spacial score (nSPS) is 15.1. The Hall–Kier alpha value is -2.63. The van der Waals surface area contributed by atoms with Gasteiger partial charge in [-0.25, -0.2) is 0 Å². The minimum Gasteiger partial charge on any atom is -0.481 e. The molecule has 0 radical (unpaired) electrons. The number of carboxylic acids is 1. The van der Waals surface area contributed by atoms with Crippen molar-refractivity contribution in [3.05, 3.63) is 41.6 Å². The third kappa shape index (κ3) is 3.48. The van der Waals surface area contributed by atoms with Crippen molar-refractivity contribution >= 4 is 11.9 Å². The molecule has 2 aromatic rings. The number of hydrogen-bond acceptors (Lipinski definition) is 3. The van der Waals surface area contributed by atoms with Crippen LogP contribution in [-0.2, 0) is 4.79 Å². The van der Waals surface area contributed by atoms with Gasteiger partial charge >= 0.3 is 5.97 Å². The molecule has 1 aromatic heterocycles. The number of aryl methyl sites for hydroxylation is 1. The topological polar surface area (TPSA) is 86.3 Å². The van der Waals surface area contributed by atoms with Gasteiger partial charge in [-0.1, -0.05) is 36.8 Å². The number of amides is 1. The first-order valence-corrected chi connectivity index (χ1v) is 8.12. The van der Waals surface area contributed by atoms with Crippen molar-refractivity contribution in [2.45, 2.75) is 32.7 Å². The molecule has 1 fully saturated rings. The van der Waals surface area contributed by atoms with Gasteiger partial charge < -0.3 is 10.0 Å². The number of aromatic amines is 1. The maximum Gasteiger partial charge on any atom is 0.308 e. The predicted molar refractivity (Wildman–Crippen MR) is 89.6 cm³/mol. The van der Waals surface area contributed by atoms with Crippen molar-refractivity contribution in [3.63, 3.8) is 0 Å². The molecule has 0 aliphatic heterocycles. The molecular formula is C18H21N3O3. The molecule has 3 rings (SSSR count). The number of benzene rings is 1. The first-order chi connectivity index (χ1) is 11.5. The molecule has 6 heteroatoms. The maximum atomic E-state index is 12.7. The zero-order valence-electron chi connectivity index (χ0n) is 13.8. The summed E-state index contributed by atoms with van der Waals surface area (Å²) in [5.74, 6) is -1.66. The Labute approximate surface area is 140 Å². The van der Waals surface area contributed by atoms with Crippen LogP contribution in [0.25, 0.3) is 11.3 Å². The van der Waals surface area contributed by atoms with Gasteiger partial charge in [0.1, 0.15) is 5.69 Å². The van der Waals surface area contributed by atoms with E-state index in [0.717, 1.165) is 24.0 Å². The van der Waals surface area contributed by atoms with Crippen LogP contribution in [0.2, 0.25) is 0 Å². The van der Waals surface area contributed by atoms with Crippen molar-refractivity contribution in [1.82, 2.24) is 15.1 Å². The van der Waals surface area contributed by atoms with Gasteiger partial charge in [-0.3, -0.25) is 14.7 Å². The summed E-state index contributed by atoms with van der Waals surface area (Å²) in [6.45, 7) is 3.85. The molecule has 0 saturated heterocycles. The summed E-state index contributed by atoms with van der Waals surface area (Å²) in [5, 5.41) is 16.1. The lowest BCUT2D eigenvalue weighted by molar-refractivity contribution is -0.141. The second kappa shape index (κ2) is 6.47. The van der Waals surface area contributed by atoms with Crippen molar-refractivity contribution in [2.75, 3.05) is 6.54 Å². The van der Waals surface area contributed by atoms with Crippen LogP contribution < -0.4 is 0 Å². The molecule has 24 heavy (non-hydrogen) atoms. The van der Waals surface area contributed by atoms with E-state index in [9.17, 15) is 9.59 Å². The molecule has 2 N–H and O–H groups in total.